The molecule has 3 heteroatoms. The number of aromatic nitrogens is 1. The molecule has 1 unspecified atom stereocenters. The Morgan fingerprint density at radius 3 is 3.13 bits per heavy atom. The third-order valence-electron chi connectivity index (χ3n) is 3.05. The van der Waals surface area contributed by atoms with Crippen molar-refractivity contribution in [3.8, 4) is 0 Å². The van der Waals surface area contributed by atoms with Crippen LogP contribution in [-0.4, -0.2) is 18.2 Å². The Morgan fingerprint density at radius 1 is 1.40 bits per heavy atom. The molecule has 0 amide bonds. The average Bonchev–Trinajstić information content (AvgIpc) is 2.83. The molecule has 2 heterocycles. The van der Waals surface area contributed by atoms with Crippen molar-refractivity contribution in [2.45, 2.75) is 12.3 Å². The lowest BCUT2D eigenvalue weighted by atomic mass is 9.98. The maximum atomic E-state index is 6.01. The highest BCUT2D eigenvalue weighted by Gasteiger charge is 2.20. The van der Waals surface area contributed by atoms with Crippen LogP contribution in [0.4, 0.5) is 0 Å². The SMILES string of the molecule is Clc1ccc2[nH]cc(C3CCOC3)c2c1. The van der Waals surface area contributed by atoms with E-state index in [0.29, 0.717) is 5.92 Å². The Morgan fingerprint density at radius 2 is 2.33 bits per heavy atom. The van der Waals surface area contributed by atoms with E-state index >= 15 is 0 Å². The summed E-state index contributed by atoms with van der Waals surface area (Å²) in [5.41, 5.74) is 2.49. The lowest BCUT2D eigenvalue weighted by molar-refractivity contribution is 0.194. The number of fused-ring (bicyclic) bond motifs is 1. The summed E-state index contributed by atoms with van der Waals surface area (Å²) in [6.07, 6.45) is 3.19. The summed E-state index contributed by atoms with van der Waals surface area (Å²) in [5.74, 6) is 0.525. The Bertz CT molecular complexity index is 485. The number of ether oxygens (including phenoxy) is 1. The van der Waals surface area contributed by atoms with Gasteiger partial charge in [-0.15, -0.1) is 0 Å². The average molecular weight is 222 g/mol. The van der Waals surface area contributed by atoms with Crippen LogP contribution >= 0.6 is 11.6 Å². The van der Waals surface area contributed by atoms with Crippen molar-refractivity contribution in [1.82, 2.24) is 4.98 Å². The molecule has 0 spiro atoms. The minimum absolute atomic E-state index is 0.525. The number of aromatic amines is 1. The van der Waals surface area contributed by atoms with Crippen LogP contribution in [0.2, 0.25) is 5.02 Å². The van der Waals surface area contributed by atoms with Gasteiger partial charge >= 0.3 is 0 Å². The molecule has 1 saturated heterocycles. The highest BCUT2D eigenvalue weighted by molar-refractivity contribution is 6.31. The lowest BCUT2D eigenvalue weighted by Crippen LogP contribution is -1.95. The molecule has 1 aromatic carbocycles. The summed E-state index contributed by atoms with van der Waals surface area (Å²) < 4.78 is 5.41. The molecule has 0 saturated carbocycles. The van der Waals surface area contributed by atoms with Crippen molar-refractivity contribution in [1.29, 1.82) is 0 Å². The number of halogens is 1. The monoisotopic (exact) mass is 221 g/mol. The van der Waals surface area contributed by atoms with E-state index in [-0.39, 0.29) is 0 Å². The Kier molecular flexibility index (Phi) is 2.19. The molecule has 1 atom stereocenters. The van der Waals surface area contributed by atoms with Crippen molar-refractivity contribution < 1.29 is 4.74 Å². The Hall–Kier alpha value is -0.990. The second-order valence-corrected chi connectivity index (χ2v) is 4.43. The molecule has 15 heavy (non-hydrogen) atoms. The molecule has 1 aromatic heterocycles. The fraction of sp³-hybridized carbons (Fsp3) is 0.333. The maximum Gasteiger partial charge on any atom is 0.0536 e. The van der Waals surface area contributed by atoms with Gasteiger partial charge in [0.25, 0.3) is 0 Å². The van der Waals surface area contributed by atoms with Crippen molar-refractivity contribution >= 4 is 22.5 Å². The van der Waals surface area contributed by atoms with E-state index in [2.05, 4.69) is 11.2 Å². The Balaban J connectivity index is 2.13. The molecule has 1 aliphatic heterocycles. The lowest BCUT2D eigenvalue weighted by Gasteiger charge is -2.05. The van der Waals surface area contributed by atoms with Crippen molar-refractivity contribution in [2.75, 3.05) is 13.2 Å². The van der Waals surface area contributed by atoms with Crippen molar-refractivity contribution in [2.24, 2.45) is 0 Å². The topological polar surface area (TPSA) is 25.0 Å². The second kappa shape index (κ2) is 3.54. The zero-order chi connectivity index (χ0) is 10.3. The molecule has 1 aliphatic rings. The number of benzene rings is 1. The van der Waals surface area contributed by atoms with Gasteiger partial charge in [0.15, 0.2) is 0 Å². The number of hydrogen-bond acceptors (Lipinski definition) is 1. The van der Waals surface area contributed by atoms with Crippen LogP contribution in [0.15, 0.2) is 24.4 Å². The Labute approximate surface area is 93.2 Å². The molecule has 1 N–H and O–H groups in total. The minimum Gasteiger partial charge on any atom is -0.381 e. The van der Waals surface area contributed by atoms with Crippen LogP contribution in [0.3, 0.4) is 0 Å². The molecular weight excluding hydrogens is 210 g/mol. The number of H-pyrrole nitrogens is 1. The van der Waals surface area contributed by atoms with Gasteiger partial charge in [0.2, 0.25) is 0 Å². The maximum absolute atomic E-state index is 6.01. The molecule has 0 radical (unpaired) electrons. The highest BCUT2D eigenvalue weighted by atomic mass is 35.5. The summed E-state index contributed by atoms with van der Waals surface area (Å²) >= 11 is 6.01. The van der Waals surface area contributed by atoms with E-state index in [1.165, 1.54) is 10.9 Å². The predicted molar refractivity (Wildman–Crippen MR) is 61.5 cm³/mol. The fourth-order valence-electron chi connectivity index (χ4n) is 2.23. The van der Waals surface area contributed by atoms with E-state index in [9.17, 15) is 0 Å². The molecule has 1 fully saturated rings. The van der Waals surface area contributed by atoms with Crippen molar-refractivity contribution in [3.63, 3.8) is 0 Å². The molecule has 2 nitrogen and oxygen atoms in total. The number of nitrogens with one attached hydrogen (secondary N) is 1. The third kappa shape index (κ3) is 1.54. The first kappa shape index (κ1) is 9.25. The summed E-state index contributed by atoms with van der Waals surface area (Å²) in [4.78, 5) is 3.28. The van der Waals surface area contributed by atoms with Gasteiger partial charge in [-0.3, -0.25) is 0 Å². The quantitative estimate of drug-likeness (QED) is 0.785. The van der Waals surface area contributed by atoms with Gasteiger partial charge in [-0.2, -0.15) is 0 Å². The zero-order valence-electron chi connectivity index (χ0n) is 8.29. The van der Waals surface area contributed by atoms with Crippen LogP contribution < -0.4 is 0 Å². The first-order valence-electron chi connectivity index (χ1n) is 5.19. The minimum atomic E-state index is 0.525. The molecular formula is C12H12ClNO. The van der Waals surface area contributed by atoms with Gasteiger partial charge in [0.1, 0.15) is 0 Å². The zero-order valence-corrected chi connectivity index (χ0v) is 9.05. The fourth-order valence-corrected chi connectivity index (χ4v) is 2.40. The smallest absolute Gasteiger partial charge is 0.0536 e. The van der Waals surface area contributed by atoms with E-state index < -0.39 is 0 Å². The normalized spacial score (nSPS) is 21.3. The second-order valence-electron chi connectivity index (χ2n) is 3.99. The molecule has 2 aromatic rings. The molecule has 0 bridgehead atoms. The summed E-state index contributed by atoms with van der Waals surface area (Å²) in [7, 11) is 0. The number of rotatable bonds is 1. The molecule has 3 rings (SSSR count). The number of hydrogen-bond donors (Lipinski definition) is 1. The van der Waals surface area contributed by atoms with Crippen LogP contribution in [0.5, 0.6) is 0 Å². The first-order chi connectivity index (χ1) is 7.34. The van der Waals surface area contributed by atoms with E-state index in [1.54, 1.807) is 0 Å². The first-order valence-corrected chi connectivity index (χ1v) is 5.56. The standard InChI is InChI=1S/C12H12ClNO/c13-9-1-2-12-10(5-9)11(6-14-12)8-3-4-15-7-8/h1-2,5-6,8,14H,3-4,7H2. The van der Waals surface area contributed by atoms with E-state index in [1.807, 2.05) is 18.2 Å². The summed E-state index contributed by atoms with van der Waals surface area (Å²) in [5, 5.41) is 2.03. The van der Waals surface area contributed by atoms with Gasteiger partial charge in [-0.1, -0.05) is 11.6 Å². The predicted octanol–water partition coefficient (Wildman–Crippen LogP) is 3.33. The largest absolute Gasteiger partial charge is 0.381 e. The highest BCUT2D eigenvalue weighted by Crippen LogP contribution is 2.32. The van der Waals surface area contributed by atoms with Gasteiger partial charge in [0, 0.05) is 34.6 Å². The summed E-state index contributed by atoms with van der Waals surface area (Å²) in [6.45, 7) is 1.71. The van der Waals surface area contributed by atoms with Crippen LogP contribution in [0.1, 0.15) is 17.9 Å². The van der Waals surface area contributed by atoms with Crippen LogP contribution in [-0.2, 0) is 4.74 Å². The van der Waals surface area contributed by atoms with E-state index in [4.69, 9.17) is 16.3 Å². The summed E-state index contributed by atoms with van der Waals surface area (Å²) in [6, 6.07) is 5.97. The van der Waals surface area contributed by atoms with Gasteiger partial charge in [-0.05, 0) is 30.2 Å². The van der Waals surface area contributed by atoms with Gasteiger partial charge in [0.05, 0.1) is 6.61 Å². The van der Waals surface area contributed by atoms with Crippen LogP contribution in [0.25, 0.3) is 10.9 Å². The van der Waals surface area contributed by atoms with E-state index in [0.717, 1.165) is 30.2 Å². The molecule has 78 valence electrons. The van der Waals surface area contributed by atoms with Gasteiger partial charge < -0.3 is 9.72 Å². The van der Waals surface area contributed by atoms with Gasteiger partial charge in [-0.25, -0.2) is 0 Å². The molecule has 0 aliphatic carbocycles. The van der Waals surface area contributed by atoms with Crippen LogP contribution in [0, 0.1) is 0 Å². The third-order valence-corrected chi connectivity index (χ3v) is 3.28. The van der Waals surface area contributed by atoms with Crippen molar-refractivity contribution in [3.05, 3.63) is 35.0 Å².